The highest BCUT2D eigenvalue weighted by atomic mass is 79.9. The monoisotopic (exact) mass is 532 g/mol. The molecule has 0 aromatic heterocycles. The number of halogens is 2. The summed E-state index contributed by atoms with van der Waals surface area (Å²) in [6.45, 7) is 3.95. The smallest absolute Gasteiger partial charge is 0.255 e. The standard InChI is InChI=1S/C23H22Br2N2O3/c1-12-5-3-8-20(13(12)2)26-21(28)14-6-4-7-15(9-14)27-22(29)16-10-18(24)19(25)11-17(16)23(27)30/h3-9,16-19H,10-11H2,1-2H3,(H,26,28)/t16-,17+,18-,19-/m0/s1. The number of nitrogens with one attached hydrogen (secondary N) is 1. The highest BCUT2D eigenvalue weighted by Gasteiger charge is 2.52. The number of benzene rings is 2. The Labute approximate surface area is 192 Å². The van der Waals surface area contributed by atoms with Gasteiger partial charge >= 0.3 is 0 Å². The molecule has 4 rings (SSSR count). The first-order chi connectivity index (χ1) is 14.3. The molecule has 5 nitrogen and oxygen atoms in total. The van der Waals surface area contributed by atoms with Gasteiger partial charge in [0.1, 0.15) is 0 Å². The van der Waals surface area contributed by atoms with Crippen molar-refractivity contribution >= 4 is 61.0 Å². The van der Waals surface area contributed by atoms with Crippen molar-refractivity contribution in [2.24, 2.45) is 11.8 Å². The molecule has 1 saturated carbocycles. The number of alkyl halides is 2. The van der Waals surface area contributed by atoms with Crippen LogP contribution in [0.4, 0.5) is 11.4 Å². The Morgan fingerprint density at radius 3 is 2.20 bits per heavy atom. The van der Waals surface area contributed by atoms with Crippen molar-refractivity contribution in [2.75, 3.05) is 10.2 Å². The fourth-order valence-electron chi connectivity index (χ4n) is 4.22. The molecule has 0 spiro atoms. The molecule has 2 fully saturated rings. The Hall–Kier alpha value is -1.99. The van der Waals surface area contributed by atoms with Gasteiger partial charge in [0.2, 0.25) is 11.8 Å². The molecule has 30 heavy (non-hydrogen) atoms. The summed E-state index contributed by atoms with van der Waals surface area (Å²) in [5, 5.41) is 2.93. The second-order valence-electron chi connectivity index (χ2n) is 7.98. The highest BCUT2D eigenvalue weighted by Crippen LogP contribution is 2.44. The van der Waals surface area contributed by atoms with Gasteiger partial charge in [-0.25, -0.2) is 0 Å². The van der Waals surface area contributed by atoms with E-state index in [1.807, 2.05) is 32.0 Å². The highest BCUT2D eigenvalue weighted by molar-refractivity contribution is 9.12. The summed E-state index contributed by atoms with van der Waals surface area (Å²) in [7, 11) is 0. The second kappa shape index (κ2) is 8.27. The number of nitrogens with zero attached hydrogens (tertiary/aromatic N) is 1. The minimum Gasteiger partial charge on any atom is -0.322 e. The molecule has 1 heterocycles. The van der Waals surface area contributed by atoms with E-state index in [9.17, 15) is 14.4 Å². The SMILES string of the molecule is Cc1cccc(NC(=O)c2cccc(N3C(=O)[C@H]4C[C@H](Br)[C@@H](Br)C[C@H]4C3=O)c2)c1C. The summed E-state index contributed by atoms with van der Waals surface area (Å²) in [6.07, 6.45) is 1.24. The van der Waals surface area contributed by atoms with Gasteiger partial charge in [-0.2, -0.15) is 0 Å². The first kappa shape index (κ1) is 21.2. The lowest BCUT2D eigenvalue weighted by Gasteiger charge is -2.29. The fourth-order valence-corrected chi connectivity index (χ4v) is 5.45. The van der Waals surface area contributed by atoms with Gasteiger partial charge in [0.25, 0.3) is 5.91 Å². The predicted molar refractivity (Wildman–Crippen MR) is 124 cm³/mol. The maximum atomic E-state index is 13.0. The number of hydrogen-bond acceptors (Lipinski definition) is 3. The lowest BCUT2D eigenvalue weighted by molar-refractivity contribution is -0.122. The van der Waals surface area contributed by atoms with Crippen LogP contribution >= 0.6 is 31.9 Å². The van der Waals surface area contributed by atoms with E-state index >= 15 is 0 Å². The van der Waals surface area contributed by atoms with Crippen LogP contribution < -0.4 is 10.2 Å². The molecule has 4 atom stereocenters. The number of aryl methyl sites for hydroxylation is 1. The van der Waals surface area contributed by atoms with Crippen molar-refractivity contribution in [1.82, 2.24) is 0 Å². The third kappa shape index (κ3) is 3.73. The number of carbonyl (C=O) groups is 3. The van der Waals surface area contributed by atoms with Crippen molar-refractivity contribution in [1.29, 1.82) is 0 Å². The molecule has 3 amide bonds. The number of fused-ring (bicyclic) bond motifs is 1. The number of rotatable bonds is 3. The minimum absolute atomic E-state index is 0.158. The van der Waals surface area contributed by atoms with Crippen LogP contribution in [-0.2, 0) is 9.59 Å². The quantitative estimate of drug-likeness (QED) is 0.447. The molecule has 1 aliphatic heterocycles. The Kier molecular flexibility index (Phi) is 5.86. The third-order valence-electron chi connectivity index (χ3n) is 6.13. The van der Waals surface area contributed by atoms with E-state index in [2.05, 4.69) is 37.2 Å². The average molecular weight is 534 g/mol. The van der Waals surface area contributed by atoms with E-state index in [0.717, 1.165) is 16.8 Å². The van der Waals surface area contributed by atoms with Crippen molar-refractivity contribution in [2.45, 2.75) is 36.3 Å². The zero-order valence-electron chi connectivity index (χ0n) is 16.7. The molecular formula is C23H22Br2N2O3. The molecule has 1 N–H and O–H groups in total. The van der Waals surface area contributed by atoms with E-state index in [4.69, 9.17) is 0 Å². The van der Waals surface area contributed by atoms with Crippen LogP contribution in [0.1, 0.15) is 34.3 Å². The molecule has 7 heteroatoms. The van der Waals surface area contributed by atoms with E-state index in [1.165, 1.54) is 4.90 Å². The number of imide groups is 1. The van der Waals surface area contributed by atoms with Gasteiger partial charge in [0, 0.05) is 20.9 Å². The average Bonchev–Trinajstić information content (AvgIpc) is 2.95. The Morgan fingerprint density at radius 1 is 0.967 bits per heavy atom. The van der Waals surface area contributed by atoms with Crippen LogP contribution in [0, 0.1) is 25.7 Å². The van der Waals surface area contributed by atoms with E-state index in [0.29, 0.717) is 24.1 Å². The van der Waals surface area contributed by atoms with Gasteiger partial charge in [-0.05, 0) is 62.1 Å². The van der Waals surface area contributed by atoms with Crippen molar-refractivity contribution in [3.8, 4) is 0 Å². The number of carbonyl (C=O) groups excluding carboxylic acids is 3. The van der Waals surface area contributed by atoms with Crippen LogP contribution in [0.5, 0.6) is 0 Å². The maximum Gasteiger partial charge on any atom is 0.255 e. The molecule has 1 aliphatic carbocycles. The molecule has 0 unspecified atom stereocenters. The van der Waals surface area contributed by atoms with Gasteiger partial charge in [0.05, 0.1) is 17.5 Å². The van der Waals surface area contributed by atoms with Crippen LogP contribution in [0.25, 0.3) is 0 Å². The number of anilines is 2. The third-order valence-corrected chi connectivity index (χ3v) is 8.86. The molecule has 2 aliphatic rings. The fraction of sp³-hybridized carbons (Fsp3) is 0.348. The van der Waals surface area contributed by atoms with Gasteiger partial charge in [-0.15, -0.1) is 0 Å². The van der Waals surface area contributed by atoms with Crippen LogP contribution in [0.15, 0.2) is 42.5 Å². The molecule has 2 aromatic carbocycles. The van der Waals surface area contributed by atoms with Crippen LogP contribution in [-0.4, -0.2) is 27.4 Å². The number of hydrogen-bond donors (Lipinski definition) is 1. The first-order valence-corrected chi connectivity index (χ1v) is 11.7. The van der Waals surface area contributed by atoms with Crippen LogP contribution in [0.2, 0.25) is 0 Å². The molecule has 156 valence electrons. The lowest BCUT2D eigenvalue weighted by atomic mass is 9.81. The van der Waals surface area contributed by atoms with E-state index in [-0.39, 0.29) is 39.2 Å². The van der Waals surface area contributed by atoms with E-state index < -0.39 is 0 Å². The van der Waals surface area contributed by atoms with Crippen LogP contribution in [0.3, 0.4) is 0 Å². The topological polar surface area (TPSA) is 66.5 Å². The molecule has 0 bridgehead atoms. The van der Waals surface area contributed by atoms with Gasteiger partial charge in [-0.3, -0.25) is 19.3 Å². The summed E-state index contributed by atoms with van der Waals surface area (Å²) in [6, 6.07) is 12.5. The minimum atomic E-state index is -0.317. The second-order valence-corrected chi connectivity index (χ2v) is 10.3. The summed E-state index contributed by atoms with van der Waals surface area (Å²) < 4.78 is 0. The van der Waals surface area contributed by atoms with Crippen molar-refractivity contribution < 1.29 is 14.4 Å². The largest absolute Gasteiger partial charge is 0.322 e. The summed E-state index contributed by atoms with van der Waals surface area (Å²) in [4.78, 5) is 40.5. The summed E-state index contributed by atoms with van der Waals surface area (Å²) in [5.41, 5.74) is 3.69. The Balaban J connectivity index is 1.59. The molecule has 2 aromatic rings. The predicted octanol–water partition coefficient (Wildman–Crippen LogP) is 4.98. The first-order valence-electron chi connectivity index (χ1n) is 9.91. The maximum absolute atomic E-state index is 13.0. The van der Waals surface area contributed by atoms with Crippen molar-refractivity contribution in [3.05, 3.63) is 59.2 Å². The molecule has 0 radical (unpaired) electrons. The summed E-state index contributed by atoms with van der Waals surface area (Å²) in [5.74, 6) is -1.27. The molecular weight excluding hydrogens is 512 g/mol. The van der Waals surface area contributed by atoms with E-state index in [1.54, 1.807) is 24.3 Å². The normalized spacial score (nSPS) is 25.9. The summed E-state index contributed by atoms with van der Waals surface area (Å²) >= 11 is 7.21. The Morgan fingerprint density at radius 2 is 1.57 bits per heavy atom. The van der Waals surface area contributed by atoms with Crippen molar-refractivity contribution in [3.63, 3.8) is 0 Å². The zero-order chi connectivity index (χ0) is 21.6. The zero-order valence-corrected chi connectivity index (χ0v) is 19.9. The van der Waals surface area contributed by atoms with Gasteiger partial charge < -0.3 is 5.32 Å². The van der Waals surface area contributed by atoms with Gasteiger partial charge in [-0.1, -0.05) is 50.1 Å². The number of amides is 3. The molecule has 1 saturated heterocycles. The Bertz CT molecular complexity index is 1010. The van der Waals surface area contributed by atoms with Gasteiger partial charge in [0.15, 0.2) is 0 Å². The lowest BCUT2D eigenvalue weighted by Crippen LogP contribution is -2.34.